The van der Waals surface area contributed by atoms with Gasteiger partial charge in [-0.05, 0) is 19.9 Å². The minimum atomic E-state index is -3.56. The minimum absolute atomic E-state index is 0.124. The molecule has 1 heterocycles. The maximum absolute atomic E-state index is 11.8. The quantitative estimate of drug-likeness (QED) is 0.814. The zero-order valence-electron chi connectivity index (χ0n) is 9.51. The number of anilines is 2. The number of nitrogens with one attached hydrogen (secondary N) is 1. The lowest BCUT2D eigenvalue weighted by molar-refractivity contribution is 0.414. The monoisotopic (exact) mass is 244 g/mol. The highest BCUT2D eigenvalue weighted by molar-refractivity contribution is 7.90. The van der Waals surface area contributed by atoms with Crippen LogP contribution in [0.5, 0.6) is 0 Å². The van der Waals surface area contributed by atoms with E-state index in [9.17, 15) is 8.42 Å². The number of nitrogens with zero attached hydrogens (tertiary/aromatic N) is 2. The van der Waals surface area contributed by atoms with E-state index in [-0.39, 0.29) is 6.04 Å². The van der Waals surface area contributed by atoms with Crippen molar-refractivity contribution in [3.63, 3.8) is 0 Å². The van der Waals surface area contributed by atoms with Crippen LogP contribution in [0.4, 0.5) is 11.4 Å². The van der Waals surface area contributed by atoms with Gasteiger partial charge in [-0.15, -0.1) is 0 Å². The van der Waals surface area contributed by atoms with E-state index in [1.165, 1.54) is 29.8 Å². The summed E-state index contributed by atoms with van der Waals surface area (Å²) in [7, 11) is -2.06. The Labute approximate surface area is 95.7 Å². The van der Waals surface area contributed by atoms with Crippen LogP contribution in [0.1, 0.15) is 13.8 Å². The van der Waals surface area contributed by atoms with Crippen molar-refractivity contribution < 1.29 is 8.42 Å². The summed E-state index contributed by atoms with van der Waals surface area (Å²) in [6.45, 7) is 3.57. The first-order valence-corrected chi connectivity index (χ1v) is 6.24. The van der Waals surface area contributed by atoms with Gasteiger partial charge in [-0.2, -0.15) is 12.7 Å². The molecular weight excluding hydrogens is 228 g/mol. The molecular formula is C9H16N4O2S. The minimum Gasteiger partial charge on any atom is -0.396 e. The normalized spacial score (nSPS) is 12.1. The zero-order chi connectivity index (χ0) is 12.3. The summed E-state index contributed by atoms with van der Waals surface area (Å²) in [4.78, 5) is 3.78. The molecule has 1 aromatic heterocycles. The smallest absolute Gasteiger partial charge is 0.301 e. The third-order valence-electron chi connectivity index (χ3n) is 2.20. The second-order valence-electron chi connectivity index (χ2n) is 3.68. The maximum atomic E-state index is 11.8. The molecule has 1 rings (SSSR count). The second kappa shape index (κ2) is 4.67. The molecule has 3 N–H and O–H groups in total. The van der Waals surface area contributed by atoms with Gasteiger partial charge in [0.2, 0.25) is 0 Å². The van der Waals surface area contributed by atoms with Gasteiger partial charge in [0.15, 0.2) is 0 Å². The van der Waals surface area contributed by atoms with E-state index in [1.807, 2.05) is 0 Å². The van der Waals surface area contributed by atoms with Gasteiger partial charge in [-0.1, -0.05) is 0 Å². The van der Waals surface area contributed by atoms with Crippen molar-refractivity contribution in [2.45, 2.75) is 19.9 Å². The first-order valence-electron chi connectivity index (χ1n) is 4.80. The summed E-state index contributed by atoms with van der Waals surface area (Å²) in [6.07, 6.45) is 2.87. The van der Waals surface area contributed by atoms with Gasteiger partial charge < -0.3 is 5.73 Å². The molecule has 0 amide bonds. The van der Waals surface area contributed by atoms with Crippen molar-refractivity contribution >= 4 is 21.6 Å². The number of nitrogens with two attached hydrogens (primary N) is 1. The van der Waals surface area contributed by atoms with Crippen LogP contribution in [0, 0.1) is 0 Å². The molecule has 16 heavy (non-hydrogen) atoms. The second-order valence-corrected chi connectivity index (χ2v) is 5.41. The molecule has 0 radical (unpaired) electrons. The van der Waals surface area contributed by atoms with Gasteiger partial charge >= 0.3 is 10.2 Å². The van der Waals surface area contributed by atoms with Crippen LogP contribution in [-0.2, 0) is 10.2 Å². The Morgan fingerprint density at radius 3 is 2.62 bits per heavy atom. The lowest BCUT2D eigenvalue weighted by atomic mass is 10.4. The predicted octanol–water partition coefficient (Wildman–Crippen LogP) is 0.661. The fraction of sp³-hybridized carbons (Fsp3) is 0.444. The molecule has 0 saturated carbocycles. The molecule has 90 valence electrons. The van der Waals surface area contributed by atoms with E-state index in [0.717, 1.165) is 0 Å². The van der Waals surface area contributed by atoms with E-state index >= 15 is 0 Å². The van der Waals surface area contributed by atoms with Crippen molar-refractivity contribution in [2.75, 3.05) is 17.5 Å². The molecule has 6 nitrogen and oxygen atoms in total. The van der Waals surface area contributed by atoms with Crippen LogP contribution in [0.3, 0.4) is 0 Å². The third kappa shape index (κ3) is 2.83. The average molecular weight is 244 g/mol. The average Bonchev–Trinajstić information content (AvgIpc) is 2.20. The van der Waals surface area contributed by atoms with E-state index in [4.69, 9.17) is 5.73 Å². The predicted molar refractivity (Wildman–Crippen MR) is 64.1 cm³/mol. The summed E-state index contributed by atoms with van der Waals surface area (Å²) in [5.74, 6) is 0. The van der Waals surface area contributed by atoms with Gasteiger partial charge in [0.25, 0.3) is 0 Å². The Hall–Kier alpha value is -1.34. The highest BCUT2D eigenvalue weighted by Gasteiger charge is 2.20. The van der Waals surface area contributed by atoms with Gasteiger partial charge in [-0.25, -0.2) is 0 Å². The van der Waals surface area contributed by atoms with E-state index in [2.05, 4.69) is 9.71 Å². The van der Waals surface area contributed by atoms with E-state index < -0.39 is 10.2 Å². The van der Waals surface area contributed by atoms with Crippen LogP contribution < -0.4 is 10.5 Å². The summed E-state index contributed by atoms with van der Waals surface area (Å²) in [5.41, 5.74) is 6.23. The molecule has 0 aromatic carbocycles. The molecule has 0 aliphatic rings. The number of rotatable bonds is 4. The van der Waals surface area contributed by atoms with Gasteiger partial charge in [0, 0.05) is 19.3 Å². The number of hydrogen-bond acceptors (Lipinski definition) is 4. The first kappa shape index (κ1) is 12.7. The highest BCUT2D eigenvalue weighted by atomic mass is 32.2. The molecule has 7 heteroatoms. The first-order chi connectivity index (χ1) is 7.34. The fourth-order valence-corrected chi connectivity index (χ4v) is 2.15. The molecule has 0 aliphatic heterocycles. The standard InChI is InChI=1S/C9H16N4O2S/c1-7(2)13(3)16(14,15)12-9-4-5-11-6-8(9)10/h4-7H,10H2,1-3H3,(H,11,12). The number of nitrogen functional groups attached to an aromatic ring is 1. The summed E-state index contributed by atoms with van der Waals surface area (Å²) in [6, 6.07) is 1.39. The van der Waals surface area contributed by atoms with Crippen molar-refractivity contribution in [1.82, 2.24) is 9.29 Å². The molecule has 1 aromatic rings. The molecule has 0 unspecified atom stereocenters. The molecule has 0 bridgehead atoms. The largest absolute Gasteiger partial charge is 0.396 e. The topological polar surface area (TPSA) is 88.3 Å². The molecule has 0 aliphatic carbocycles. The Kier molecular flexibility index (Phi) is 3.71. The van der Waals surface area contributed by atoms with Gasteiger partial charge in [0.1, 0.15) is 0 Å². The lowest BCUT2D eigenvalue weighted by Gasteiger charge is -2.22. The zero-order valence-corrected chi connectivity index (χ0v) is 10.3. The van der Waals surface area contributed by atoms with E-state index in [1.54, 1.807) is 13.8 Å². The Balaban J connectivity index is 2.94. The Morgan fingerprint density at radius 2 is 2.12 bits per heavy atom. The summed E-state index contributed by atoms with van der Waals surface area (Å²) in [5, 5.41) is 0. The SMILES string of the molecule is CC(C)N(C)S(=O)(=O)Nc1ccncc1N. The Bertz CT molecular complexity index is 458. The van der Waals surface area contributed by atoms with Crippen LogP contribution in [0.25, 0.3) is 0 Å². The van der Waals surface area contributed by atoms with Crippen molar-refractivity contribution in [2.24, 2.45) is 0 Å². The fourth-order valence-electron chi connectivity index (χ4n) is 0.988. The van der Waals surface area contributed by atoms with Crippen LogP contribution in [0.2, 0.25) is 0 Å². The maximum Gasteiger partial charge on any atom is 0.301 e. The van der Waals surface area contributed by atoms with Crippen LogP contribution in [0.15, 0.2) is 18.5 Å². The van der Waals surface area contributed by atoms with Gasteiger partial charge in [-0.3, -0.25) is 9.71 Å². The summed E-state index contributed by atoms with van der Waals surface area (Å²) >= 11 is 0. The molecule has 0 spiro atoms. The van der Waals surface area contributed by atoms with Crippen molar-refractivity contribution in [3.05, 3.63) is 18.5 Å². The molecule has 0 atom stereocenters. The van der Waals surface area contributed by atoms with Crippen molar-refractivity contribution in [3.8, 4) is 0 Å². The highest BCUT2D eigenvalue weighted by Crippen LogP contribution is 2.18. The van der Waals surface area contributed by atoms with E-state index in [0.29, 0.717) is 11.4 Å². The number of hydrogen-bond donors (Lipinski definition) is 2. The molecule has 0 fully saturated rings. The van der Waals surface area contributed by atoms with Crippen LogP contribution in [-0.4, -0.2) is 30.8 Å². The third-order valence-corrected chi connectivity index (χ3v) is 3.85. The summed E-state index contributed by atoms with van der Waals surface area (Å²) < 4.78 is 27.3. The molecule has 0 saturated heterocycles. The number of aromatic nitrogens is 1. The Morgan fingerprint density at radius 1 is 1.50 bits per heavy atom. The lowest BCUT2D eigenvalue weighted by Crippen LogP contribution is -2.37. The number of pyridine rings is 1. The van der Waals surface area contributed by atoms with Gasteiger partial charge in [0.05, 0.1) is 17.6 Å². The van der Waals surface area contributed by atoms with Crippen LogP contribution >= 0.6 is 0 Å². The van der Waals surface area contributed by atoms with Crippen molar-refractivity contribution in [1.29, 1.82) is 0 Å².